The number of hydrogen-bond donors (Lipinski definition) is 1. The van der Waals surface area contributed by atoms with Crippen molar-refractivity contribution in [2.24, 2.45) is 5.16 Å². The third-order valence-corrected chi connectivity index (χ3v) is 6.97. The van der Waals surface area contributed by atoms with Crippen LogP contribution in [0, 0.1) is 5.82 Å². The Morgan fingerprint density at radius 3 is 2.55 bits per heavy atom. The summed E-state index contributed by atoms with van der Waals surface area (Å²) < 4.78 is 15.0. The second kappa shape index (κ2) is 10.4. The van der Waals surface area contributed by atoms with E-state index < -0.39 is 17.4 Å². The predicted octanol–water partition coefficient (Wildman–Crippen LogP) is 6.02. The molecule has 0 radical (unpaired) electrons. The number of aryl methyl sites for hydroxylation is 1. The highest BCUT2D eigenvalue weighted by atomic mass is 35.5. The summed E-state index contributed by atoms with van der Waals surface area (Å²) in [5, 5.41) is 14.4. The van der Waals surface area contributed by atoms with Gasteiger partial charge in [0.05, 0.1) is 22.3 Å². The van der Waals surface area contributed by atoms with Gasteiger partial charge in [-0.15, -0.1) is 0 Å². The van der Waals surface area contributed by atoms with Crippen molar-refractivity contribution < 1.29 is 19.1 Å². The first-order valence-corrected chi connectivity index (χ1v) is 12.7. The van der Waals surface area contributed by atoms with Gasteiger partial charge in [0.15, 0.2) is 5.60 Å². The van der Waals surface area contributed by atoms with Crippen molar-refractivity contribution >= 4 is 34.2 Å². The lowest BCUT2D eigenvalue weighted by Crippen LogP contribution is -2.24. The lowest BCUT2D eigenvalue weighted by Gasteiger charge is -2.21. The average molecular weight is 534 g/mol. The summed E-state index contributed by atoms with van der Waals surface area (Å²) >= 11 is 6.03. The Labute approximate surface area is 223 Å². The van der Waals surface area contributed by atoms with Crippen molar-refractivity contribution in [2.45, 2.75) is 44.6 Å². The first-order valence-electron chi connectivity index (χ1n) is 12.3. The Morgan fingerprint density at radius 1 is 1.11 bits per heavy atom. The van der Waals surface area contributed by atoms with Crippen LogP contribution in [0.3, 0.4) is 0 Å². The molecule has 194 valence electrons. The molecule has 0 saturated carbocycles. The summed E-state index contributed by atoms with van der Waals surface area (Å²) in [6.07, 6.45) is 1.92. The molecule has 0 bridgehead atoms. The van der Waals surface area contributed by atoms with E-state index in [0.717, 1.165) is 16.8 Å². The molecule has 2 heterocycles. The van der Waals surface area contributed by atoms with Gasteiger partial charge in [0, 0.05) is 29.8 Å². The molecule has 1 aromatic heterocycles. The molecule has 0 fully saturated rings. The Morgan fingerprint density at radius 2 is 1.84 bits per heavy atom. The molecule has 5 rings (SSSR count). The number of nitrogens with zero attached hydrogens (tertiary/aromatic N) is 3. The topological polar surface area (TPSA) is 93.8 Å². The van der Waals surface area contributed by atoms with Crippen molar-refractivity contribution in [2.75, 3.05) is 0 Å². The highest BCUT2D eigenvalue weighted by molar-refractivity contribution is 6.30. The predicted molar refractivity (Wildman–Crippen MR) is 144 cm³/mol. The zero-order valence-electron chi connectivity index (χ0n) is 20.7. The van der Waals surface area contributed by atoms with Crippen LogP contribution in [0.2, 0.25) is 5.02 Å². The number of carbonyl (C=O) groups is 1. The fourth-order valence-corrected chi connectivity index (χ4v) is 4.77. The molecule has 1 aliphatic rings. The largest absolute Gasteiger partial charge is 0.481 e. The van der Waals surface area contributed by atoms with Crippen LogP contribution in [0.5, 0.6) is 0 Å². The molecule has 0 amide bonds. The zero-order chi connectivity index (χ0) is 26.9. The fraction of sp³-hybridized carbons (Fsp3) is 0.241. The van der Waals surface area contributed by atoms with Crippen molar-refractivity contribution in [3.63, 3.8) is 0 Å². The van der Waals surface area contributed by atoms with Gasteiger partial charge in [-0.2, -0.15) is 0 Å². The third-order valence-electron chi connectivity index (χ3n) is 6.71. The lowest BCUT2D eigenvalue weighted by molar-refractivity contribution is -0.137. The number of halogens is 2. The van der Waals surface area contributed by atoms with E-state index in [-0.39, 0.29) is 12.0 Å². The maximum atomic E-state index is 13.6. The number of oxime groups is 1. The van der Waals surface area contributed by atoms with Crippen molar-refractivity contribution in [1.29, 1.82) is 0 Å². The van der Waals surface area contributed by atoms with Crippen LogP contribution >= 0.6 is 11.6 Å². The van der Waals surface area contributed by atoms with E-state index in [4.69, 9.17) is 26.5 Å². The summed E-state index contributed by atoms with van der Waals surface area (Å²) in [4.78, 5) is 35.2. The van der Waals surface area contributed by atoms with E-state index >= 15 is 0 Å². The number of unbranched alkanes of at least 4 members (excludes halogenated alkanes) is 1. The molecule has 1 aliphatic heterocycles. The molecule has 0 spiro atoms. The van der Waals surface area contributed by atoms with Crippen LogP contribution in [0.25, 0.3) is 16.6 Å². The van der Waals surface area contributed by atoms with Gasteiger partial charge in [-0.3, -0.25) is 14.2 Å². The quantitative estimate of drug-likeness (QED) is 0.280. The van der Waals surface area contributed by atoms with Crippen molar-refractivity contribution in [3.8, 4) is 5.69 Å². The summed E-state index contributed by atoms with van der Waals surface area (Å²) in [5.41, 5.74) is 2.54. The van der Waals surface area contributed by atoms with Gasteiger partial charge in [-0.25, -0.2) is 9.37 Å². The Hall–Kier alpha value is -4.04. The van der Waals surface area contributed by atoms with Gasteiger partial charge in [0.2, 0.25) is 0 Å². The summed E-state index contributed by atoms with van der Waals surface area (Å²) in [6, 6.07) is 18.5. The second-order valence-electron chi connectivity index (χ2n) is 9.52. The number of hydrogen-bond acceptors (Lipinski definition) is 5. The van der Waals surface area contributed by atoms with Crippen LogP contribution in [0.4, 0.5) is 4.39 Å². The number of fused-ring (bicyclic) bond motifs is 1. The molecule has 0 unspecified atom stereocenters. The molecular weight excluding hydrogens is 509 g/mol. The highest BCUT2D eigenvalue weighted by Crippen LogP contribution is 2.36. The van der Waals surface area contributed by atoms with Crippen molar-refractivity contribution in [1.82, 2.24) is 9.55 Å². The molecule has 0 aliphatic carbocycles. The zero-order valence-corrected chi connectivity index (χ0v) is 21.4. The minimum Gasteiger partial charge on any atom is -0.481 e. The molecule has 7 nitrogen and oxygen atoms in total. The average Bonchev–Trinajstić information content (AvgIpc) is 3.30. The van der Waals surface area contributed by atoms with Crippen LogP contribution in [-0.4, -0.2) is 26.3 Å². The summed E-state index contributed by atoms with van der Waals surface area (Å²) in [6.45, 7) is 1.96. The normalized spacial score (nSPS) is 16.9. The van der Waals surface area contributed by atoms with E-state index in [1.54, 1.807) is 6.07 Å². The highest BCUT2D eigenvalue weighted by Gasteiger charge is 2.36. The van der Waals surface area contributed by atoms with E-state index in [9.17, 15) is 14.0 Å². The summed E-state index contributed by atoms with van der Waals surface area (Å²) in [5.74, 6) is -0.803. The van der Waals surface area contributed by atoms with E-state index in [1.165, 1.54) is 28.8 Å². The Balaban J connectivity index is 1.50. The maximum absolute atomic E-state index is 13.6. The van der Waals surface area contributed by atoms with Crippen LogP contribution in [0.1, 0.15) is 49.6 Å². The van der Waals surface area contributed by atoms with Crippen molar-refractivity contribution in [3.05, 3.63) is 105 Å². The monoisotopic (exact) mass is 533 g/mol. The number of carboxylic acids is 1. The number of rotatable bonds is 8. The first kappa shape index (κ1) is 25.6. The minimum atomic E-state index is -0.873. The molecule has 1 atom stereocenters. The number of carboxylic acid groups (broad SMARTS) is 1. The number of benzene rings is 3. The smallest absolute Gasteiger partial charge is 0.303 e. The molecule has 38 heavy (non-hydrogen) atoms. The standard InChI is InChI=1S/C29H25ClFN3O4/c1-29(19-7-9-20(30)10-8-19)17-25(33-38-29)18-6-15-23-24(16-18)32-26(4-2-3-5-27(35)36)34(28(23)37)22-13-11-21(31)12-14-22/h6-16H,2-5,17H2,1H3,(H,35,36)/t29-/m1/s1. The molecule has 3 aromatic carbocycles. The molecular formula is C29H25ClFN3O4. The fourth-order valence-electron chi connectivity index (χ4n) is 4.65. The van der Waals surface area contributed by atoms with Gasteiger partial charge in [-0.1, -0.05) is 35.0 Å². The number of aliphatic carboxylic acids is 1. The Kier molecular flexibility index (Phi) is 6.99. The molecule has 1 N–H and O–H groups in total. The van der Waals surface area contributed by atoms with Gasteiger partial charge in [-0.05, 0) is 73.9 Å². The van der Waals surface area contributed by atoms with Crippen LogP contribution in [-0.2, 0) is 21.7 Å². The van der Waals surface area contributed by atoms with Gasteiger partial charge in [0.25, 0.3) is 5.56 Å². The molecule has 4 aromatic rings. The molecule has 9 heteroatoms. The van der Waals surface area contributed by atoms with Crippen LogP contribution in [0.15, 0.2) is 76.7 Å². The minimum absolute atomic E-state index is 0.0325. The van der Waals surface area contributed by atoms with Gasteiger partial charge < -0.3 is 9.94 Å². The van der Waals surface area contributed by atoms with E-state index in [1.807, 2.05) is 43.3 Å². The van der Waals surface area contributed by atoms with Gasteiger partial charge in [0.1, 0.15) is 11.6 Å². The first-order chi connectivity index (χ1) is 18.2. The Bertz CT molecular complexity index is 1600. The lowest BCUT2D eigenvalue weighted by atomic mass is 9.89. The van der Waals surface area contributed by atoms with E-state index in [0.29, 0.717) is 53.1 Å². The molecule has 0 saturated heterocycles. The van der Waals surface area contributed by atoms with Crippen LogP contribution < -0.4 is 5.56 Å². The van der Waals surface area contributed by atoms with Gasteiger partial charge >= 0.3 is 5.97 Å². The SMILES string of the molecule is C[C@]1(c2ccc(Cl)cc2)CC(c2ccc3c(=O)n(-c4ccc(F)cc4)c(CCCCC(=O)O)nc3c2)=NO1. The third kappa shape index (κ3) is 5.17. The summed E-state index contributed by atoms with van der Waals surface area (Å²) in [7, 11) is 0. The maximum Gasteiger partial charge on any atom is 0.303 e. The number of aromatic nitrogens is 2. The van der Waals surface area contributed by atoms with E-state index in [2.05, 4.69) is 5.16 Å². The second-order valence-corrected chi connectivity index (χ2v) is 9.96.